The number of carbonyl (C=O) groups excluding carboxylic acids is 1. The molecular formula is C17H18BN5O6P+. The fraction of sp³-hybridized carbons (Fsp3) is 0.353. The van der Waals surface area contributed by atoms with E-state index in [2.05, 4.69) is 20.6 Å². The van der Waals surface area contributed by atoms with E-state index in [4.69, 9.17) is 21.4 Å². The number of hydrogen-bond donors (Lipinski definition) is 4. The quantitative estimate of drug-likeness (QED) is 0.396. The van der Waals surface area contributed by atoms with Gasteiger partial charge in [0.25, 0.3) is 5.91 Å². The van der Waals surface area contributed by atoms with Gasteiger partial charge in [0.2, 0.25) is 0 Å². The summed E-state index contributed by atoms with van der Waals surface area (Å²) in [6, 6.07) is 8.77. The van der Waals surface area contributed by atoms with Gasteiger partial charge >= 0.3 is 15.4 Å². The van der Waals surface area contributed by atoms with Gasteiger partial charge in [-0.3, -0.25) is 4.79 Å². The number of nitrogens with one attached hydrogen (secondary N) is 2. The fourth-order valence-electron chi connectivity index (χ4n) is 3.70. The van der Waals surface area contributed by atoms with E-state index in [-0.39, 0.29) is 19.2 Å². The lowest BCUT2D eigenvalue weighted by atomic mass is 10.1. The Kier molecular flexibility index (Phi) is 4.85. The third kappa shape index (κ3) is 3.41. The molecular weight excluding hydrogens is 412 g/mol. The normalized spacial score (nSPS) is 32.3. The summed E-state index contributed by atoms with van der Waals surface area (Å²) in [4.78, 5) is 32.5. The number of ether oxygens (including phenoxy) is 1. The molecule has 0 bridgehead atoms. The summed E-state index contributed by atoms with van der Waals surface area (Å²) in [5.74, 6) is 0.453. The molecule has 0 aliphatic carbocycles. The molecule has 3 aliphatic heterocycles. The molecule has 2 radical (unpaired) electrons. The lowest BCUT2D eigenvalue weighted by Crippen LogP contribution is -2.45. The van der Waals surface area contributed by atoms with Crippen LogP contribution in [0.15, 0.2) is 36.7 Å². The minimum Gasteiger partial charge on any atom is -0.385 e. The van der Waals surface area contributed by atoms with Crippen LogP contribution in [0, 0.1) is 0 Å². The Morgan fingerprint density at radius 2 is 2.13 bits per heavy atom. The van der Waals surface area contributed by atoms with E-state index in [0.717, 1.165) is 0 Å². The number of anilines is 3. The zero-order valence-electron chi connectivity index (χ0n) is 15.6. The van der Waals surface area contributed by atoms with Crippen LogP contribution in [0.3, 0.4) is 0 Å². The molecule has 1 aromatic heterocycles. The van der Waals surface area contributed by atoms with E-state index in [0.29, 0.717) is 22.9 Å². The summed E-state index contributed by atoms with van der Waals surface area (Å²) in [7, 11) is 2.09. The standard InChI is InChI=1S/C17H18BN5O6P/c18-30(26)27-6-10-13(29-30)12(24)17(28-10)23-8-21-11-14(19-7-20-15(11)23)22-16(25)9-4-2-1-3-5-9/h1-5,7,10,12-13,17,21,24,26H,6,8H2,(H,19,20,22,25)/q+1/t10?,12?,13-,17?,30?/m1/s1. The van der Waals surface area contributed by atoms with Gasteiger partial charge in [-0.05, 0) is 12.1 Å². The van der Waals surface area contributed by atoms with Crippen molar-refractivity contribution in [2.75, 3.05) is 28.8 Å². The summed E-state index contributed by atoms with van der Waals surface area (Å²) in [6.07, 6.45) is -2.01. The first-order valence-corrected chi connectivity index (χ1v) is 10.9. The van der Waals surface area contributed by atoms with Crippen LogP contribution in [0.25, 0.3) is 0 Å². The van der Waals surface area contributed by atoms with E-state index in [1.54, 1.807) is 29.2 Å². The van der Waals surface area contributed by atoms with Crippen LogP contribution in [0.1, 0.15) is 10.4 Å². The predicted molar refractivity (Wildman–Crippen MR) is 108 cm³/mol. The van der Waals surface area contributed by atoms with E-state index in [1.165, 1.54) is 6.33 Å². The lowest BCUT2D eigenvalue weighted by molar-refractivity contribution is -0.0440. The highest BCUT2D eigenvalue weighted by Gasteiger charge is 2.58. The van der Waals surface area contributed by atoms with Crippen LogP contribution in [0.2, 0.25) is 0 Å². The average Bonchev–Trinajstić information content (AvgIpc) is 3.30. The molecule has 154 valence electrons. The van der Waals surface area contributed by atoms with Crippen LogP contribution in [-0.2, 0) is 13.8 Å². The molecule has 4 N–H and O–H groups in total. The van der Waals surface area contributed by atoms with Crippen LogP contribution in [-0.4, -0.2) is 71.3 Å². The highest BCUT2D eigenvalue weighted by molar-refractivity contribution is 7.85. The maximum atomic E-state index is 12.5. The number of nitrogens with zero attached hydrogens (tertiary/aromatic N) is 3. The van der Waals surface area contributed by atoms with Crippen molar-refractivity contribution in [2.45, 2.75) is 24.5 Å². The van der Waals surface area contributed by atoms with E-state index < -0.39 is 32.4 Å². The van der Waals surface area contributed by atoms with Gasteiger partial charge in [0.05, 0.1) is 6.67 Å². The van der Waals surface area contributed by atoms with Gasteiger partial charge in [-0.2, -0.15) is 9.05 Å². The van der Waals surface area contributed by atoms with Crippen molar-refractivity contribution in [1.82, 2.24) is 9.97 Å². The van der Waals surface area contributed by atoms with Crippen molar-refractivity contribution < 1.29 is 28.6 Å². The first kappa shape index (κ1) is 19.6. The maximum Gasteiger partial charge on any atom is 0.488 e. The largest absolute Gasteiger partial charge is 0.488 e. The van der Waals surface area contributed by atoms with Gasteiger partial charge in [0, 0.05) is 5.56 Å². The Hall–Kier alpha value is -2.34. The first-order valence-electron chi connectivity index (χ1n) is 9.22. The number of benzene rings is 1. The zero-order chi connectivity index (χ0) is 20.9. The van der Waals surface area contributed by atoms with Crippen molar-refractivity contribution in [3.63, 3.8) is 0 Å². The van der Waals surface area contributed by atoms with Crippen molar-refractivity contribution in [3.8, 4) is 0 Å². The minimum atomic E-state index is -3.47. The summed E-state index contributed by atoms with van der Waals surface area (Å²) in [5, 5.41) is 16.6. The molecule has 5 rings (SSSR count). The Labute approximate surface area is 173 Å². The minimum absolute atomic E-state index is 0.00921. The van der Waals surface area contributed by atoms with Crippen molar-refractivity contribution in [2.24, 2.45) is 0 Å². The molecule has 2 saturated heterocycles. The molecule has 4 heterocycles. The van der Waals surface area contributed by atoms with Gasteiger partial charge in [-0.25, -0.2) is 14.9 Å². The maximum absolute atomic E-state index is 12.5. The molecule has 3 aliphatic rings. The predicted octanol–water partition coefficient (Wildman–Crippen LogP) is 0.258. The number of aliphatic hydroxyl groups is 1. The molecule has 2 aromatic rings. The topological polar surface area (TPSA) is 138 Å². The fourth-order valence-corrected chi connectivity index (χ4v) is 4.73. The molecule has 4 unspecified atom stereocenters. The van der Waals surface area contributed by atoms with Crippen LogP contribution in [0.4, 0.5) is 17.3 Å². The summed E-state index contributed by atoms with van der Waals surface area (Å²) >= 11 is 0. The van der Waals surface area contributed by atoms with E-state index >= 15 is 0 Å². The van der Waals surface area contributed by atoms with Crippen molar-refractivity contribution in [1.29, 1.82) is 0 Å². The monoisotopic (exact) mass is 430 g/mol. The summed E-state index contributed by atoms with van der Waals surface area (Å²) in [5.41, 5.74) is 1.00. The third-order valence-electron chi connectivity index (χ3n) is 5.11. The second-order valence-corrected chi connectivity index (χ2v) is 8.63. The van der Waals surface area contributed by atoms with Gasteiger partial charge in [0.1, 0.15) is 30.8 Å². The molecule has 0 saturated carbocycles. The number of amides is 1. The first-order chi connectivity index (χ1) is 14.4. The number of carbonyl (C=O) groups is 1. The third-order valence-corrected chi connectivity index (χ3v) is 6.17. The molecule has 2 fully saturated rings. The Bertz CT molecular complexity index is 969. The van der Waals surface area contributed by atoms with Gasteiger partial charge in [-0.1, -0.05) is 18.2 Å². The van der Waals surface area contributed by atoms with Gasteiger partial charge in [0.15, 0.2) is 24.0 Å². The molecule has 30 heavy (non-hydrogen) atoms. The van der Waals surface area contributed by atoms with E-state index in [9.17, 15) is 14.8 Å². The highest BCUT2D eigenvalue weighted by atomic mass is 31.2. The molecule has 0 spiro atoms. The SMILES string of the molecule is [B][P+]1(O)OCC2OC(N3CNc4c(NC(=O)c5ccccc5)ncnc43)C(O)[C@@H]2O1. The second kappa shape index (κ2) is 7.42. The molecule has 13 heteroatoms. The number of fused-ring (bicyclic) bond motifs is 2. The Morgan fingerprint density at radius 3 is 2.93 bits per heavy atom. The molecule has 11 nitrogen and oxygen atoms in total. The van der Waals surface area contributed by atoms with Crippen LogP contribution >= 0.6 is 7.82 Å². The average molecular weight is 430 g/mol. The molecule has 1 aromatic carbocycles. The summed E-state index contributed by atoms with van der Waals surface area (Å²) < 4.78 is 16.3. The molecule has 1 amide bonds. The van der Waals surface area contributed by atoms with Gasteiger partial charge in [-0.15, -0.1) is 0 Å². The van der Waals surface area contributed by atoms with Crippen LogP contribution in [0.5, 0.6) is 0 Å². The van der Waals surface area contributed by atoms with Crippen LogP contribution < -0.4 is 15.5 Å². The number of rotatable bonds is 3. The lowest BCUT2D eigenvalue weighted by Gasteiger charge is -2.28. The summed E-state index contributed by atoms with van der Waals surface area (Å²) in [6.45, 7) is 0.265. The van der Waals surface area contributed by atoms with E-state index in [1.807, 2.05) is 6.07 Å². The Balaban J connectivity index is 1.37. The number of aliphatic hydroxyl groups excluding tert-OH is 1. The number of hydrogen-bond acceptors (Lipinski definition) is 10. The number of aromatic nitrogens is 2. The second-order valence-electron chi connectivity index (χ2n) is 7.03. The smallest absolute Gasteiger partial charge is 0.385 e. The van der Waals surface area contributed by atoms with Gasteiger partial charge < -0.3 is 25.4 Å². The zero-order valence-corrected chi connectivity index (χ0v) is 16.5. The highest BCUT2D eigenvalue weighted by Crippen LogP contribution is 2.58. The van der Waals surface area contributed by atoms with Crippen molar-refractivity contribution >= 4 is 38.6 Å². The van der Waals surface area contributed by atoms with Crippen molar-refractivity contribution in [3.05, 3.63) is 42.2 Å². The molecule has 5 atom stereocenters. The Morgan fingerprint density at radius 1 is 1.33 bits per heavy atom.